The first-order valence-electron chi connectivity index (χ1n) is 10.3. The summed E-state index contributed by atoms with van der Waals surface area (Å²) in [6, 6.07) is 0. The van der Waals surface area contributed by atoms with Crippen LogP contribution in [0.15, 0.2) is 49.0 Å². The summed E-state index contributed by atoms with van der Waals surface area (Å²) in [5.74, 6) is 0.508. The van der Waals surface area contributed by atoms with Gasteiger partial charge in [-0.2, -0.15) is 4.39 Å². The second-order valence-electron chi connectivity index (χ2n) is 7.81. The molecule has 0 aromatic heterocycles. The fourth-order valence-electron chi connectivity index (χ4n) is 4.47. The molecule has 0 aromatic rings. The van der Waals surface area contributed by atoms with E-state index in [2.05, 4.69) is 19.2 Å². The molecule has 2 saturated carbocycles. The number of rotatable bonds is 9. The minimum Gasteiger partial charge on any atom is -0.498 e. The van der Waals surface area contributed by atoms with Gasteiger partial charge in [0.1, 0.15) is 6.26 Å². The van der Waals surface area contributed by atoms with E-state index in [0.717, 1.165) is 37.0 Å². The van der Waals surface area contributed by atoms with Gasteiger partial charge in [0.15, 0.2) is 11.6 Å². The van der Waals surface area contributed by atoms with Gasteiger partial charge in [0.05, 0.1) is 13.2 Å². The van der Waals surface area contributed by atoms with E-state index in [1.165, 1.54) is 38.5 Å². The van der Waals surface area contributed by atoms with Gasteiger partial charge in [0.25, 0.3) is 0 Å². The highest BCUT2D eigenvalue weighted by molar-refractivity contribution is 5.26. The summed E-state index contributed by atoms with van der Waals surface area (Å²) < 4.78 is 38.0. The van der Waals surface area contributed by atoms with E-state index in [4.69, 9.17) is 9.47 Å². The minimum absolute atomic E-state index is 0.193. The van der Waals surface area contributed by atoms with Crippen LogP contribution in [0.4, 0.5) is 8.78 Å². The maximum Gasteiger partial charge on any atom is 0.203 e. The summed E-state index contributed by atoms with van der Waals surface area (Å²) in [5.41, 5.74) is 0. The molecule has 2 fully saturated rings. The molecule has 0 aromatic carbocycles. The highest BCUT2D eigenvalue weighted by Crippen LogP contribution is 2.41. The average Bonchev–Trinajstić information content (AvgIpc) is 2.72. The van der Waals surface area contributed by atoms with E-state index < -0.39 is 11.7 Å². The normalized spacial score (nSPS) is 30.3. The van der Waals surface area contributed by atoms with Crippen molar-refractivity contribution >= 4 is 0 Å². The van der Waals surface area contributed by atoms with Crippen LogP contribution >= 0.6 is 0 Å². The molecule has 0 aliphatic heterocycles. The van der Waals surface area contributed by atoms with Crippen LogP contribution in [0.3, 0.4) is 0 Å². The van der Waals surface area contributed by atoms with Crippen molar-refractivity contribution in [3.63, 3.8) is 0 Å². The topological polar surface area (TPSA) is 18.5 Å². The van der Waals surface area contributed by atoms with Crippen LogP contribution in [0.1, 0.15) is 58.3 Å². The third-order valence-electron chi connectivity index (χ3n) is 6.14. The molecule has 0 spiro atoms. The standard InChI is InChI=1S/C23H34F2O2/c1-4-17-7-11-19(12-8-17)20-13-9-18(10-14-20)15-26-16-21(24)23(25)22(5-2)27-6-3/h4-5,16-20H,1-2,6-15H2,3H3/b21-16-,23-22-. The quantitative estimate of drug-likeness (QED) is 0.243. The lowest BCUT2D eigenvalue weighted by atomic mass is 9.69. The van der Waals surface area contributed by atoms with Crippen LogP contribution in [0, 0.1) is 23.7 Å². The summed E-state index contributed by atoms with van der Waals surface area (Å²) in [6.07, 6.45) is 14.0. The summed E-state index contributed by atoms with van der Waals surface area (Å²) >= 11 is 0. The van der Waals surface area contributed by atoms with Crippen molar-refractivity contribution in [1.29, 1.82) is 0 Å². The van der Waals surface area contributed by atoms with Crippen molar-refractivity contribution in [3.05, 3.63) is 49.0 Å². The van der Waals surface area contributed by atoms with Gasteiger partial charge in [-0.25, -0.2) is 4.39 Å². The molecule has 0 heterocycles. The lowest BCUT2D eigenvalue weighted by Crippen LogP contribution is -2.26. The Labute approximate surface area is 163 Å². The third kappa shape index (κ3) is 6.51. The molecule has 2 nitrogen and oxygen atoms in total. The molecule has 2 aliphatic carbocycles. The van der Waals surface area contributed by atoms with Crippen molar-refractivity contribution in [2.45, 2.75) is 58.3 Å². The highest BCUT2D eigenvalue weighted by atomic mass is 19.2. The first kappa shape index (κ1) is 21.7. The van der Waals surface area contributed by atoms with Crippen molar-refractivity contribution in [2.75, 3.05) is 13.2 Å². The van der Waals surface area contributed by atoms with Crippen LogP contribution in [0.2, 0.25) is 0 Å². The summed E-state index contributed by atoms with van der Waals surface area (Å²) in [6.45, 7) is 9.75. The van der Waals surface area contributed by atoms with Gasteiger partial charge in [-0.1, -0.05) is 12.7 Å². The molecule has 2 rings (SSSR count). The van der Waals surface area contributed by atoms with E-state index in [1.807, 2.05) is 0 Å². The van der Waals surface area contributed by atoms with Crippen LogP contribution in [0.5, 0.6) is 0 Å². The first-order valence-corrected chi connectivity index (χ1v) is 10.3. The molecule has 152 valence electrons. The van der Waals surface area contributed by atoms with Crippen molar-refractivity contribution < 1.29 is 18.3 Å². The van der Waals surface area contributed by atoms with Crippen LogP contribution in [0.25, 0.3) is 0 Å². The lowest BCUT2D eigenvalue weighted by Gasteiger charge is -2.37. The smallest absolute Gasteiger partial charge is 0.203 e. The van der Waals surface area contributed by atoms with Gasteiger partial charge in [0.2, 0.25) is 5.83 Å². The molecule has 4 heteroatoms. The summed E-state index contributed by atoms with van der Waals surface area (Å²) in [5, 5.41) is 0. The van der Waals surface area contributed by atoms with Crippen LogP contribution < -0.4 is 0 Å². The molecular weight excluding hydrogens is 346 g/mol. The monoisotopic (exact) mass is 380 g/mol. The van der Waals surface area contributed by atoms with Gasteiger partial charge in [0, 0.05) is 0 Å². The van der Waals surface area contributed by atoms with Gasteiger partial charge in [-0.15, -0.1) is 6.58 Å². The molecule has 0 saturated heterocycles. The Hall–Kier alpha value is -1.58. The van der Waals surface area contributed by atoms with E-state index in [1.54, 1.807) is 6.92 Å². The van der Waals surface area contributed by atoms with Gasteiger partial charge in [-0.05, 0) is 88.0 Å². The Morgan fingerprint density at radius 2 is 1.56 bits per heavy atom. The van der Waals surface area contributed by atoms with Crippen molar-refractivity contribution in [1.82, 2.24) is 0 Å². The molecular formula is C23H34F2O2. The zero-order chi connectivity index (χ0) is 19.6. The molecule has 2 aliphatic rings. The van der Waals surface area contributed by atoms with E-state index >= 15 is 0 Å². The minimum atomic E-state index is -1.06. The zero-order valence-electron chi connectivity index (χ0n) is 16.6. The number of halogens is 2. The number of hydrogen-bond acceptors (Lipinski definition) is 2. The predicted octanol–water partition coefficient (Wildman–Crippen LogP) is 7.02. The van der Waals surface area contributed by atoms with E-state index in [0.29, 0.717) is 18.4 Å². The third-order valence-corrected chi connectivity index (χ3v) is 6.14. The largest absolute Gasteiger partial charge is 0.498 e. The second-order valence-corrected chi connectivity index (χ2v) is 7.81. The average molecular weight is 381 g/mol. The highest BCUT2D eigenvalue weighted by Gasteiger charge is 2.30. The molecule has 0 radical (unpaired) electrons. The van der Waals surface area contributed by atoms with Crippen LogP contribution in [-0.4, -0.2) is 13.2 Å². The fraction of sp³-hybridized carbons (Fsp3) is 0.652. The number of hydrogen-bond donors (Lipinski definition) is 0. The zero-order valence-corrected chi connectivity index (χ0v) is 16.6. The Bertz CT molecular complexity index is 537. The molecule has 0 atom stereocenters. The maximum absolute atomic E-state index is 13.9. The lowest BCUT2D eigenvalue weighted by molar-refractivity contribution is 0.111. The van der Waals surface area contributed by atoms with E-state index in [-0.39, 0.29) is 12.4 Å². The Morgan fingerprint density at radius 3 is 2.07 bits per heavy atom. The second kappa shape index (κ2) is 11.3. The van der Waals surface area contributed by atoms with E-state index in [9.17, 15) is 8.78 Å². The summed E-state index contributed by atoms with van der Waals surface area (Å²) in [4.78, 5) is 0. The van der Waals surface area contributed by atoms with Crippen molar-refractivity contribution in [2.24, 2.45) is 23.7 Å². The fourth-order valence-corrected chi connectivity index (χ4v) is 4.47. The van der Waals surface area contributed by atoms with Gasteiger partial charge in [-0.3, -0.25) is 0 Å². The molecule has 0 bridgehead atoms. The number of ether oxygens (including phenoxy) is 2. The SMILES string of the molecule is C=C/C(OCC)=C(F)\C(F)=C\OCC1CCC(C2CCC(C=C)CC2)CC1. The molecule has 27 heavy (non-hydrogen) atoms. The molecule has 0 N–H and O–H groups in total. The Morgan fingerprint density at radius 1 is 0.963 bits per heavy atom. The van der Waals surface area contributed by atoms with Crippen molar-refractivity contribution in [3.8, 4) is 0 Å². The molecule has 0 amide bonds. The van der Waals surface area contributed by atoms with Gasteiger partial charge < -0.3 is 9.47 Å². The first-order chi connectivity index (χ1) is 13.1. The maximum atomic E-state index is 13.9. The Kier molecular flexibility index (Phi) is 9.09. The Balaban J connectivity index is 1.73. The van der Waals surface area contributed by atoms with Crippen LogP contribution in [-0.2, 0) is 9.47 Å². The predicted molar refractivity (Wildman–Crippen MR) is 106 cm³/mol. The number of allylic oxidation sites excluding steroid dienone is 4. The molecule has 0 unspecified atom stereocenters. The summed E-state index contributed by atoms with van der Waals surface area (Å²) in [7, 11) is 0. The van der Waals surface area contributed by atoms with Gasteiger partial charge >= 0.3 is 0 Å².